The molecule has 0 spiro atoms. The van der Waals surface area contributed by atoms with Crippen LogP contribution in [0.4, 0.5) is 0 Å². The molecule has 1 fully saturated rings. The molecule has 1 aliphatic rings. The van der Waals surface area contributed by atoms with Crippen LogP contribution in [0.25, 0.3) is 0 Å². The smallest absolute Gasteiger partial charge is 0.232 e. The third-order valence-electron chi connectivity index (χ3n) is 2.85. The summed E-state index contributed by atoms with van der Waals surface area (Å²) < 4.78 is 5.54. The van der Waals surface area contributed by atoms with Crippen LogP contribution in [0.1, 0.15) is 31.4 Å². The Hall–Kier alpha value is -1.65. The molecule has 16 heavy (non-hydrogen) atoms. The molecule has 3 N–H and O–H groups in total. The largest absolute Gasteiger partial charge is 0.476 e. The lowest BCUT2D eigenvalue weighted by Crippen LogP contribution is -2.14. The van der Waals surface area contributed by atoms with E-state index in [1.165, 1.54) is 38.1 Å². The molecule has 5 heteroatoms. The zero-order valence-corrected chi connectivity index (χ0v) is 9.15. The number of ether oxygens (including phenoxy) is 1. The maximum Gasteiger partial charge on any atom is 0.232 e. The fraction of sp³-hybridized carbons (Fsp3) is 0.545. The van der Waals surface area contributed by atoms with E-state index < -0.39 is 0 Å². The van der Waals surface area contributed by atoms with Crippen molar-refractivity contribution in [2.75, 3.05) is 6.61 Å². The number of hydrogen-bond acceptors (Lipinski definition) is 4. The highest BCUT2D eigenvalue weighted by atomic mass is 16.5. The first-order chi connectivity index (χ1) is 7.75. The maximum atomic E-state index is 7.18. The Morgan fingerprint density at radius 3 is 2.69 bits per heavy atom. The average molecular weight is 220 g/mol. The van der Waals surface area contributed by atoms with Gasteiger partial charge in [0.2, 0.25) is 5.88 Å². The first-order valence-electron chi connectivity index (χ1n) is 5.55. The third-order valence-corrected chi connectivity index (χ3v) is 2.85. The molecule has 0 bridgehead atoms. The van der Waals surface area contributed by atoms with Crippen molar-refractivity contribution < 1.29 is 4.74 Å². The van der Waals surface area contributed by atoms with Gasteiger partial charge in [-0.2, -0.15) is 0 Å². The lowest BCUT2D eigenvalue weighted by atomic mass is 10.1. The SMILES string of the molecule is N=C(N)c1cnc(OCC2CCCC2)cn1. The van der Waals surface area contributed by atoms with E-state index in [0.717, 1.165) is 0 Å². The van der Waals surface area contributed by atoms with Gasteiger partial charge in [-0.25, -0.2) is 9.97 Å². The zero-order valence-electron chi connectivity index (χ0n) is 9.15. The summed E-state index contributed by atoms with van der Waals surface area (Å²) in [6.45, 7) is 0.716. The van der Waals surface area contributed by atoms with Crippen LogP contribution in [0, 0.1) is 11.3 Å². The number of hydrogen-bond donors (Lipinski definition) is 2. The van der Waals surface area contributed by atoms with Crippen LogP contribution >= 0.6 is 0 Å². The second-order valence-corrected chi connectivity index (χ2v) is 4.12. The molecule has 1 aromatic heterocycles. The van der Waals surface area contributed by atoms with Gasteiger partial charge in [0.05, 0.1) is 19.0 Å². The monoisotopic (exact) mass is 220 g/mol. The number of aromatic nitrogens is 2. The summed E-state index contributed by atoms with van der Waals surface area (Å²) in [6.07, 6.45) is 8.10. The Morgan fingerprint density at radius 1 is 1.38 bits per heavy atom. The van der Waals surface area contributed by atoms with Gasteiger partial charge in [-0.1, -0.05) is 12.8 Å². The number of nitrogens with one attached hydrogen (secondary N) is 1. The molecule has 1 heterocycles. The minimum absolute atomic E-state index is 0.0742. The Morgan fingerprint density at radius 2 is 2.12 bits per heavy atom. The van der Waals surface area contributed by atoms with Crippen LogP contribution in [0.5, 0.6) is 5.88 Å². The predicted molar refractivity (Wildman–Crippen MR) is 60.5 cm³/mol. The minimum Gasteiger partial charge on any atom is -0.476 e. The molecule has 5 nitrogen and oxygen atoms in total. The van der Waals surface area contributed by atoms with Gasteiger partial charge in [-0.05, 0) is 18.8 Å². The summed E-state index contributed by atoms with van der Waals surface area (Å²) in [5, 5.41) is 7.18. The van der Waals surface area contributed by atoms with E-state index in [-0.39, 0.29) is 5.84 Å². The van der Waals surface area contributed by atoms with E-state index in [0.29, 0.717) is 24.1 Å². The molecular weight excluding hydrogens is 204 g/mol. The second-order valence-electron chi connectivity index (χ2n) is 4.12. The van der Waals surface area contributed by atoms with Crippen LogP contribution in [-0.2, 0) is 0 Å². The quantitative estimate of drug-likeness (QED) is 0.592. The van der Waals surface area contributed by atoms with Gasteiger partial charge >= 0.3 is 0 Å². The van der Waals surface area contributed by atoms with Gasteiger partial charge in [-0.15, -0.1) is 0 Å². The molecule has 1 aliphatic carbocycles. The highest BCUT2D eigenvalue weighted by molar-refractivity contribution is 5.92. The van der Waals surface area contributed by atoms with Crippen LogP contribution < -0.4 is 10.5 Å². The van der Waals surface area contributed by atoms with Crippen molar-refractivity contribution in [3.05, 3.63) is 18.1 Å². The number of nitrogen functional groups attached to an aromatic ring is 1. The summed E-state index contributed by atoms with van der Waals surface area (Å²) in [5.74, 6) is 1.10. The number of amidine groups is 1. The van der Waals surface area contributed by atoms with Gasteiger partial charge in [0, 0.05) is 0 Å². The molecule has 2 rings (SSSR count). The average Bonchev–Trinajstić information content (AvgIpc) is 2.80. The van der Waals surface area contributed by atoms with E-state index in [1.54, 1.807) is 0 Å². The van der Waals surface area contributed by atoms with Crippen molar-refractivity contribution in [1.82, 2.24) is 9.97 Å². The summed E-state index contributed by atoms with van der Waals surface area (Å²) in [7, 11) is 0. The molecule has 0 aliphatic heterocycles. The van der Waals surface area contributed by atoms with Crippen molar-refractivity contribution >= 4 is 5.84 Å². The molecule has 0 saturated heterocycles. The standard InChI is InChI=1S/C11H16N4O/c12-11(13)9-5-15-10(6-14-9)16-7-8-3-1-2-4-8/h5-6,8H,1-4,7H2,(H3,12,13). The van der Waals surface area contributed by atoms with Crippen LogP contribution in [0.3, 0.4) is 0 Å². The lowest BCUT2D eigenvalue weighted by Gasteiger charge is -2.10. The van der Waals surface area contributed by atoms with Crippen molar-refractivity contribution in [2.45, 2.75) is 25.7 Å². The van der Waals surface area contributed by atoms with Crippen LogP contribution in [0.2, 0.25) is 0 Å². The lowest BCUT2D eigenvalue weighted by molar-refractivity contribution is 0.242. The molecule has 0 unspecified atom stereocenters. The number of nitrogens with two attached hydrogens (primary N) is 1. The number of nitrogens with zero attached hydrogens (tertiary/aromatic N) is 2. The van der Waals surface area contributed by atoms with Crippen LogP contribution in [-0.4, -0.2) is 22.4 Å². The normalized spacial score (nSPS) is 16.2. The Labute approximate surface area is 94.6 Å². The third kappa shape index (κ3) is 2.68. The fourth-order valence-electron chi connectivity index (χ4n) is 1.91. The topological polar surface area (TPSA) is 84.9 Å². The van der Waals surface area contributed by atoms with Gasteiger partial charge in [0.25, 0.3) is 0 Å². The van der Waals surface area contributed by atoms with E-state index in [4.69, 9.17) is 15.9 Å². The van der Waals surface area contributed by atoms with Gasteiger partial charge in [0.15, 0.2) is 0 Å². The molecule has 0 radical (unpaired) electrons. The predicted octanol–water partition coefficient (Wildman–Crippen LogP) is 1.33. The highest BCUT2D eigenvalue weighted by Gasteiger charge is 2.15. The summed E-state index contributed by atoms with van der Waals surface area (Å²) in [4.78, 5) is 8.04. The Balaban J connectivity index is 1.87. The molecule has 1 aromatic rings. The molecule has 0 amide bonds. The van der Waals surface area contributed by atoms with E-state index in [2.05, 4.69) is 9.97 Å². The van der Waals surface area contributed by atoms with E-state index in [9.17, 15) is 0 Å². The van der Waals surface area contributed by atoms with Gasteiger partial charge < -0.3 is 10.5 Å². The molecule has 1 saturated carbocycles. The van der Waals surface area contributed by atoms with Crippen molar-refractivity contribution in [1.29, 1.82) is 5.41 Å². The van der Waals surface area contributed by atoms with Gasteiger partial charge in [0.1, 0.15) is 11.5 Å². The molecule has 0 aromatic carbocycles. The summed E-state index contributed by atoms with van der Waals surface area (Å²) >= 11 is 0. The number of rotatable bonds is 4. The highest BCUT2D eigenvalue weighted by Crippen LogP contribution is 2.24. The van der Waals surface area contributed by atoms with E-state index >= 15 is 0 Å². The maximum absolute atomic E-state index is 7.18. The Bertz CT molecular complexity index is 357. The van der Waals surface area contributed by atoms with E-state index in [1.807, 2.05) is 0 Å². The molecular formula is C11H16N4O. The second kappa shape index (κ2) is 4.92. The molecule has 86 valence electrons. The van der Waals surface area contributed by atoms with Crippen molar-refractivity contribution in [2.24, 2.45) is 11.7 Å². The molecule has 0 atom stereocenters. The minimum atomic E-state index is -0.0742. The Kier molecular flexibility index (Phi) is 3.34. The van der Waals surface area contributed by atoms with Crippen molar-refractivity contribution in [3.63, 3.8) is 0 Å². The zero-order chi connectivity index (χ0) is 11.4. The first-order valence-corrected chi connectivity index (χ1v) is 5.55. The first kappa shape index (κ1) is 10.9. The van der Waals surface area contributed by atoms with Crippen molar-refractivity contribution in [3.8, 4) is 5.88 Å². The summed E-state index contributed by atoms with van der Waals surface area (Å²) in [5.41, 5.74) is 5.66. The van der Waals surface area contributed by atoms with Gasteiger partial charge in [-0.3, -0.25) is 5.41 Å². The summed E-state index contributed by atoms with van der Waals surface area (Å²) in [6, 6.07) is 0. The van der Waals surface area contributed by atoms with Crippen LogP contribution in [0.15, 0.2) is 12.4 Å². The fourth-order valence-corrected chi connectivity index (χ4v) is 1.91.